The van der Waals surface area contributed by atoms with Crippen LogP contribution in [0.25, 0.3) is 11.4 Å². The quantitative estimate of drug-likeness (QED) is 0.449. The van der Waals surface area contributed by atoms with Crippen LogP contribution in [0, 0.1) is 11.3 Å². The highest BCUT2D eigenvalue weighted by Crippen LogP contribution is 2.42. The lowest BCUT2D eigenvalue weighted by atomic mass is 10.2. The highest BCUT2D eigenvalue weighted by molar-refractivity contribution is 7.98. The van der Waals surface area contributed by atoms with Crippen LogP contribution in [0.1, 0.15) is 46.6 Å². The van der Waals surface area contributed by atoms with Crippen LogP contribution in [0.15, 0.2) is 29.7 Å². The molecule has 148 valence electrons. The molecule has 0 saturated heterocycles. The van der Waals surface area contributed by atoms with Crippen molar-refractivity contribution in [3.63, 3.8) is 0 Å². The summed E-state index contributed by atoms with van der Waals surface area (Å²) < 4.78 is 7.26. The monoisotopic (exact) mass is 426 g/mol. The van der Waals surface area contributed by atoms with Gasteiger partial charge in [0.25, 0.3) is 0 Å². The SMILES string of the molecule is CCOC(=O)c1sc(N)c(C#N)c1CSc1nnc(-c2ccncc2)n1C1CC1. The zero-order valence-corrected chi connectivity index (χ0v) is 17.3. The molecule has 0 bridgehead atoms. The number of ether oxygens (including phenoxy) is 1. The molecular weight excluding hydrogens is 408 g/mol. The van der Waals surface area contributed by atoms with Crippen molar-refractivity contribution in [2.75, 3.05) is 12.3 Å². The van der Waals surface area contributed by atoms with Crippen molar-refractivity contribution in [2.24, 2.45) is 0 Å². The lowest BCUT2D eigenvalue weighted by Crippen LogP contribution is -2.06. The van der Waals surface area contributed by atoms with Crippen LogP contribution in [0.4, 0.5) is 5.00 Å². The van der Waals surface area contributed by atoms with E-state index in [0.717, 1.165) is 40.7 Å². The number of thiophene rings is 1. The van der Waals surface area contributed by atoms with Crippen LogP contribution in [0.2, 0.25) is 0 Å². The first-order valence-corrected chi connectivity index (χ1v) is 10.9. The molecule has 10 heteroatoms. The van der Waals surface area contributed by atoms with Crippen molar-refractivity contribution < 1.29 is 9.53 Å². The van der Waals surface area contributed by atoms with Crippen molar-refractivity contribution in [3.8, 4) is 17.5 Å². The third kappa shape index (κ3) is 3.83. The van der Waals surface area contributed by atoms with E-state index in [2.05, 4.69) is 25.8 Å². The topological polar surface area (TPSA) is 120 Å². The van der Waals surface area contributed by atoms with E-state index in [-0.39, 0.29) is 6.61 Å². The van der Waals surface area contributed by atoms with E-state index in [0.29, 0.717) is 32.8 Å². The van der Waals surface area contributed by atoms with Crippen LogP contribution >= 0.6 is 23.1 Å². The first kappa shape index (κ1) is 19.4. The molecular formula is C19H18N6O2S2. The highest BCUT2D eigenvalue weighted by Gasteiger charge is 2.31. The summed E-state index contributed by atoms with van der Waals surface area (Å²) in [6.45, 7) is 2.00. The van der Waals surface area contributed by atoms with Gasteiger partial charge in [0.15, 0.2) is 11.0 Å². The number of nitrogens with two attached hydrogens (primary N) is 1. The molecule has 2 N–H and O–H groups in total. The Morgan fingerprint density at radius 2 is 2.17 bits per heavy atom. The van der Waals surface area contributed by atoms with Crippen LogP contribution < -0.4 is 5.73 Å². The zero-order valence-electron chi connectivity index (χ0n) is 15.7. The molecule has 1 saturated carbocycles. The summed E-state index contributed by atoms with van der Waals surface area (Å²) >= 11 is 2.53. The molecule has 3 aromatic rings. The van der Waals surface area contributed by atoms with Gasteiger partial charge in [-0.3, -0.25) is 9.55 Å². The Labute approximate surface area is 175 Å². The molecule has 0 aliphatic heterocycles. The van der Waals surface area contributed by atoms with Gasteiger partial charge in [0.1, 0.15) is 15.9 Å². The standard InChI is InChI=1S/C19H18N6O2S2/c1-2-27-18(26)15-14(13(9-20)16(21)29-15)10-28-19-24-23-17(25(19)12-3-4-12)11-5-7-22-8-6-11/h5-8,12H,2-4,10,21H2,1H3. The zero-order chi connectivity index (χ0) is 20.4. The van der Waals surface area contributed by atoms with E-state index >= 15 is 0 Å². The molecule has 0 spiro atoms. The summed E-state index contributed by atoms with van der Waals surface area (Å²) in [5, 5.41) is 19.3. The predicted molar refractivity (Wildman–Crippen MR) is 110 cm³/mol. The maximum absolute atomic E-state index is 12.3. The number of rotatable bonds is 7. The summed E-state index contributed by atoms with van der Waals surface area (Å²) in [6.07, 6.45) is 5.61. The average molecular weight is 427 g/mol. The van der Waals surface area contributed by atoms with E-state index in [4.69, 9.17) is 10.5 Å². The predicted octanol–water partition coefficient (Wildman–Crippen LogP) is 3.66. The summed E-state index contributed by atoms with van der Waals surface area (Å²) in [5.74, 6) is 0.724. The second-order valence-corrected chi connectivity index (χ2v) is 8.41. The van der Waals surface area contributed by atoms with E-state index < -0.39 is 5.97 Å². The Balaban J connectivity index is 1.65. The number of carbonyl (C=O) groups excluding carboxylic acids is 1. The molecule has 0 atom stereocenters. The number of carbonyl (C=O) groups is 1. The largest absolute Gasteiger partial charge is 0.462 e. The second-order valence-electron chi connectivity index (χ2n) is 6.41. The Kier molecular flexibility index (Phi) is 5.51. The molecule has 1 fully saturated rings. The fraction of sp³-hybridized carbons (Fsp3) is 0.316. The smallest absolute Gasteiger partial charge is 0.348 e. The fourth-order valence-electron chi connectivity index (χ4n) is 2.98. The van der Waals surface area contributed by atoms with Crippen molar-refractivity contribution in [1.82, 2.24) is 19.7 Å². The summed E-state index contributed by atoms with van der Waals surface area (Å²) in [7, 11) is 0. The van der Waals surface area contributed by atoms with Gasteiger partial charge in [-0.2, -0.15) is 5.26 Å². The van der Waals surface area contributed by atoms with Crippen molar-refractivity contribution >= 4 is 34.1 Å². The van der Waals surface area contributed by atoms with Gasteiger partial charge in [0.2, 0.25) is 0 Å². The second kappa shape index (κ2) is 8.23. The maximum Gasteiger partial charge on any atom is 0.348 e. The summed E-state index contributed by atoms with van der Waals surface area (Å²) in [6, 6.07) is 6.29. The Morgan fingerprint density at radius 1 is 1.41 bits per heavy atom. The fourth-order valence-corrected chi connectivity index (χ4v) is 5.04. The van der Waals surface area contributed by atoms with Gasteiger partial charge >= 0.3 is 5.97 Å². The first-order valence-electron chi connectivity index (χ1n) is 9.10. The van der Waals surface area contributed by atoms with Crippen LogP contribution in [-0.4, -0.2) is 32.3 Å². The number of aromatic nitrogens is 4. The lowest BCUT2D eigenvalue weighted by molar-refractivity contribution is 0.0531. The third-order valence-electron chi connectivity index (χ3n) is 4.47. The van der Waals surface area contributed by atoms with Gasteiger partial charge in [-0.1, -0.05) is 11.8 Å². The van der Waals surface area contributed by atoms with Crippen LogP contribution in [0.5, 0.6) is 0 Å². The van der Waals surface area contributed by atoms with Gasteiger partial charge in [-0.15, -0.1) is 21.5 Å². The number of hydrogen-bond donors (Lipinski definition) is 1. The van der Waals surface area contributed by atoms with E-state index in [1.807, 2.05) is 12.1 Å². The minimum Gasteiger partial charge on any atom is -0.462 e. The van der Waals surface area contributed by atoms with Gasteiger partial charge < -0.3 is 10.5 Å². The van der Waals surface area contributed by atoms with Gasteiger partial charge in [0.05, 0.1) is 12.2 Å². The summed E-state index contributed by atoms with van der Waals surface area (Å²) in [5.41, 5.74) is 7.84. The third-order valence-corrected chi connectivity index (χ3v) is 6.48. The normalized spacial score (nSPS) is 13.2. The number of hydrogen-bond acceptors (Lipinski definition) is 9. The molecule has 3 aromatic heterocycles. The van der Waals surface area contributed by atoms with E-state index in [9.17, 15) is 10.1 Å². The molecule has 8 nitrogen and oxygen atoms in total. The Hall–Kier alpha value is -2.90. The number of nitriles is 1. The van der Waals surface area contributed by atoms with Crippen LogP contribution in [0.3, 0.4) is 0 Å². The van der Waals surface area contributed by atoms with E-state index in [1.54, 1.807) is 19.3 Å². The lowest BCUT2D eigenvalue weighted by Gasteiger charge is -2.09. The number of pyridine rings is 1. The van der Waals surface area contributed by atoms with Gasteiger partial charge in [0, 0.05) is 35.3 Å². The van der Waals surface area contributed by atoms with E-state index in [1.165, 1.54) is 11.8 Å². The minimum absolute atomic E-state index is 0.260. The van der Waals surface area contributed by atoms with Crippen LogP contribution in [-0.2, 0) is 10.5 Å². The molecule has 3 heterocycles. The average Bonchev–Trinajstić information content (AvgIpc) is 3.40. The molecule has 0 aromatic carbocycles. The number of anilines is 1. The number of thioether (sulfide) groups is 1. The first-order chi connectivity index (χ1) is 14.1. The molecule has 4 rings (SSSR count). The van der Waals surface area contributed by atoms with Crippen molar-refractivity contribution in [1.29, 1.82) is 5.26 Å². The molecule has 0 radical (unpaired) electrons. The molecule has 0 unspecified atom stereocenters. The Morgan fingerprint density at radius 3 is 2.83 bits per heavy atom. The summed E-state index contributed by atoms with van der Waals surface area (Å²) in [4.78, 5) is 16.7. The minimum atomic E-state index is -0.456. The van der Waals surface area contributed by atoms with Gasteiger partial charge in [-0.25, -0.2) is 4.79 Å². The molecule has 1 aliphatic rings. The van der Waals surface area contributed by atoms with Crippen molar-refractivity contribution in [3.05, 3.63) is 40.5 Å². The number of esters is 1. The molecule has 29 heavy (non-hydrogen) atoms. The Bertz CT molecular complexity index is 1080. The molecule has 1 aliphatic carbocycles. The van der Waals surface area contributed by atoms with Crippen molar-refractivity contribution in [2.45, 2.75) is 36.7 Å². The molecule has 0 amide bonds. The van der Waals surface area contributed by atoms with Gasteiger partial charge in [-0.05, 0) is 31.9 Å². The number of nitrogen functional groups attached to an aromatic ring is 1. The highest BCUT2D eigenvalue weighted by atomic mass is 32.2. The maximum atomic E-state index is 12.3. The number of nitrogens with zero attached hydrogens (tertiary/aromatic N) is 5.